The maximum absolute atomic E-state index is 12.8. The second-order valence-electron chi connectivity index (χ2n) is 8.51. The number of aromatic nitrogens is 3. The number of carbonyl (C=O) groups excluding carboxylic acids is 1. The molecule has 0 unspecified atom stereocenters. The summed E-state index contributed by atoms with van der Waals surface area (Å²) < 4.78 is 21.7. The van der Waals surface area contributed by atoms with Crippen LogP contribution in [0.15, 0.2) is 65.7 Å². The Morgan fingerprint density at radius 3 is 2.70 bits per heavy atom. The van der Waals surface area contributed by atoms with Crippen LogP contribution in [0.4, 0.5) is 34.8 Å². The van der Waals surface area contributed by atoms with Crippen molar-refractivity contribution in [3.63, 3.8) is 0 Å². The number of hydrogen-bond acceptors (Lipinski definition) is 10. The van der Waals surface area contributed by atoms with Crippen molar-refractivity contribution < 1.29 is 13.7 Å². The van der Waals surface area contributed by atoms with Crippen LogP contribution in [0.25, 0.3) is 0 Å². The molecule has 1 amide bonds. The Hall–Kier alpha value is -4.03. The van der Waals surface area contributed by atoms with Crippen LogP contribution in [-0.4, -0.2) is 70.4 Å². The van der Waals surface area contributed by atoms with Crippen LogP contribution < -0.4 is 20.9 Å². The Bertz CT molecular complexity index is 1390. The third-order valence-corrected chi connectivity index (χ3v) is 5.84. The van der Waals surface area contributed by atoms with Gasteiger partial charge >= 0.3 is 0 Å². The molecule has 0 spiro atoms. The van der Waals surface area contributed by atoms with Crippen LogP contribution in [0.1, 0.15) is 10.4 Å². The Morgan fingerprint density at radius 1 is 1.16 bits per heavy atom. The number of rotatable bonds is 9. The van der Waals surface area contributed by atoms with Crippen molar-refractivity contribution in [2.45, 2.75) is 0 Å². The number of anilines is 5. The number of amides is 1. The van der Waals surface area contributed by atoms with Gasteiger partial charge in [0.2, 0.25) is 5.95 Å². The molecule has 3 N–H and O–H groups in total. The number of morpholine rings is 1. The van der Waals surface area contributed by atoms with Crippen molar-refractivity contribution in [3.05, 3.63) is 66.9 Å². The van der Waals surface area contributed by atoms with E-state index >= 15 is 0 Å². The average molecular weight is 523 g/mol. The van der Waals surface area contributed by atoms with Gasteiger partial charge in [-0.15, -0.1) is 6.58 Å². The molecule has 12 heteroatoms. The van der Waals surface area contributed by atoms with E-state index in [4.69, 9.17) is 4.74 Å². The van der Waals surface area contributed by atoms with E-state index in [1.54, 1.807) is 24.3 Å². The fourth-order valence-corrected chi connectivity index (χ4v) is 4.14. The largest absolute Gasteiger partial charge is 0.378 e. The van der Waals surface area contributed by atoms with Crippen LogP contribution in [-0.2, 0) is 14.5 Å². The van der Waals surface area contributed by atoms with E-state index in [1.165, 1.54) is 18.7 Å². The van der Waals surface area contributed by atoms with Crippen LogP contribution in [0, 0.1) is 0 Å². The highest BCUT2D eigenvalue weighted by molar-refractivity contribution is 7.92. The highest BCUT2D eigenvalue weighted by Crippen LogP contribution is 2.25. The molecule has 1 fully saturated rings. The lowest BCUT2D eigenvalue weighted by molar-refractivity contribution is 0.0958. The molecule has 11 nitrogen and oxygen atoms in total. The molecule has 1 aliphatic heterocycles. The lowest BCUT2D eigenvalue weighted by Gasteiger charge is -2.29. The van der Waals surface area contributed by atoms with Crippen molar-refractivity contribution >= 4 is 50.4 Å². The lowest BCUT2D eigenvalue weighted by atomic mass is 10.2. The molecule has 3 heterocycles. The second-order valence-corrected chi connectivity index (χ2v) is 11.1. The SMILES string of the molecule is C=CCNC(=O)c1cnc(Nc2cccc(N3CCOCC3)c2)nc1Nc1cccc(N=S(C)(C)=O)n1. The second kappa shape index (κ2) is 11.8. The predicted octanol–water partition coefficient (Wildman–Crippen LogP) is 3.47. The molecule has 1 aliphatic rings. The van der Waals surface area contributed by atoms with E-state index < -0.39 is 9.73 Å². The summed E-state index contributed by atoms with van der Waals surface area (Å²) in [4.78, 5) is 28.3. The first-order chi connectivity index (χ1) is 17.8. The number of benzene rings is 1. The fourth-order valence-electron chi connectivity index (χ4n) is 3.58. The molecule has 0 atom stereocenters. The molecule has 1 aromatic carbocycles. The number of carbonyl (C=O) groups is 1. The zero-order valence-electron chi connectivity index (χ0n) is 20.8. The van der Waals surface area contributed by atoms with Crippen LogP contribution in [0.3, 0.4) is 0 Å². The molecule has 0 saturated carbocycles. The fraction of sp³-hybridized carbons (Fsp3) is 0.280. The molecular weight excluding hydrogens is 492 g/mol. The summed E-state index contributed by atoms with van der Waals surface area (Å²) >= 11 is 0. The van der Waals surface area contributed by atoms with E-state index in [-0.39, 0.29) is 17.3 Å². The molecular formula is C25H30N8O3S. The van der Waals surface area contributed by atoms with Crippen LogP contribution >= 0.6 is 0 Å². The van der Waals surface area contributed by atoms with Gasteiger partial charge in [-0.25, -0.2) is 14.2 Å². The molecule has 4 rings (SSSR count). The first-order valence-corrected chi connectivity index (χ1v) is 14.0. The third kappa shape index (κ3) is 7.48. The van der Waals surface area contributed by atoms with E-state index in [9.17, 15) is 9.00 Å². The van der Waals surface area contributed by atoms with Crippen molar-refractivity contribution in [1.29, 1.82) is 0 Å². The maximum atomic E-state index is 12.8. The summed E-state index contributed by atoms with van der Waals surface area (Å²) in [6, 6.07) is 13.0. The summed E-state index contributed by atoms with van der Waals surface area (Å²) in [7, 11) is -2.39. The number of hydrogen-bond donors (Lipinski definition) is 3. The van der Waals surface area contributed by atoms with Gasteiger partial charge in [0.1, 0.15) is 17.2 Å². The van der Waals surface area contributed by atoms with Gasteiger partial charge in [0.25, 0.3) is 5.91 Å². The number of nitrogens with one attached hydrogen (secondary N) is 3. The topological polar surface area (TPSA) is 134 Å². The Labute approximate surface area is 216 Å². The van der Waals surface area contributed by atoms with E-state index in [0.717, 1.165) is 24.5 Å². The minimum atomic E-state index is -2.39. The molecule has 0 radical (unpaired) electrons. The molecule has 0 bridgehead atoms. The summed E-state index contributed by atoms with van der Waals surface area (Å²) in [6.45, 7) is 6.97. The first kappa shape index (κ1) is 26.0. The van der Waals surface area contributed by atoms with Crippen LogP contribution in [0.5, 0.6) is 0 Å². The molecule has 194 valence electrons. The maximum Gasteiger partial charge on any atom is 0.256 e. The smallest absolute Gasteiger partial charge is 0.256 e. The Balaban J connectivity index is 1.62. The summed E-state index contributed by atoms with van der Waals surface area (Å²) in [5.41, 5.74) is 2.10. The van der Waals surface area contributed by atoms with Crippen LogP contribution in [0.2, 0.25) is 0 Å². The summed E-state index contributed by atoms with van der Waals surface area (Å²) in [5.74, 6) is 0.885. The highest BCUT2D eigenvalue weighted by Gasteiger charge is 2.16. The van der Waals surface area contributed by atoms with Gasteiger partial charge in [-0.2, -0.15) is 9.35 Å². The molecule has 0 aliphatic carbocycles. The zero-order valence-corrected chi connectivity index (χ0v) is 21.6. The van der Waals surface area contributed by atoms with Crippen molar-refractivity contribution in [3.8, 4) is 0 Å². The highest BCUT2D eigenvalue weighted by atomic mass is 32.2. The number of pyridine rings is 1. The first-order valence-electron chi connectivity index (χ1n) is 11.7. The standard InChI is InChI=1S/C25H30N8O3S/c1-4-11-26-24(34)20-17-27-25(28-18-7-5-8-19(16-18)33-12-14-36-15-13-33)31-23(20)30-21-9-6-10-22(29-21)32-37(2,3)35/h4-10,16-17H,1,11-15H2,2-3H3,(H,26,34)(H2,27,28,29,30,31). The number of ether oxygens (including phenoxy) is 1. The minimum absolute atomic E-state index is 0.230. The normalized spacial score (nSPS) is 13.5. The third-order valence-electron chi connectivity index (χ3n) is 5.21. The average Bonchev–Trinajstić information content (AvgIpc) is 2.87. The van der Waals surface area contributed by atoms with E-state index in [1.807, 2.05) is 24.3 Å². The van der Waals surface area contributed by atoms with Gasteiger partial charge in [-0.05, 0) is 30.3 Å². The summed E-state index contributed by atoms with van der Waals surface area (Å²) in [5, 5.41) is 9.04. The van der Waals surface area contributed by atoms with Gasteiger partial charge in [0.15, 0.2) is 5.82 Å². The number of nitrogens with zero attached hydrogens (tertiary/aromatic N) is 5. The Kier molecular flexibility index (Phi) is 8.31. The molecule has 37 heavy (non-hydrogen) atoms. The monoisotopic (exact) mass is 522 g/mol. The lowest BCUT2D eigenvalue weighted by Crippen LogP contribution is -2.36. The van der Waals surface area contributed by atoms with Gasteiger partial charge in [-0.1, -0.05) is 18.2 Å². The Morgan fingerprint density at radius 2 is 1.95 bits per heavy atom. The summed E-state index contributed by atoms with van der Waals surface area (Å²) in [6.07, 6.45) is 6.10. The van der Waals surface area contributed by atoms with Crippen molar-refractivity contribution in [2.75, 3.05) is 60.9 Å². The van der Waals surface area contributed by atoms with Gasteiger partial charge in [0, 0.05) is 59.4 Å². The molecule has 2 aromatic heterocycles. The van der Waals surface area contributed by atoms with Crippen molar-refractivity contribution in [1.82, 2.24) is 20.3 Å². The predicted molar refractivity (Wildman–Crippen MR) is 147 cm³/mol. The minimum Gasteiger partial charge on any atom is -0.378 e. The van der Waals surface area contributed by atoms with Gasteiger partial charge in [-0.3, -0.25) is 4.79 Å². The van der Waals surface area contributed by atoms with E-state index in [0.29, 0.717) is 37.3 Å². The molecule has 1 saturated heterocycles. The van der Waals surface area contributed by atoms with Crippen molar-refractivity contribution in [2.24, 2.45) is 4.36 Å². The van der Waals surface area contributed by atoms with Gasteiger partial charge in [0.05, 0.1) is 13.2 Å². The quantitative estimate of drug-likeness (QED) is 0.361. The van der Waals surface area contributed by atoms with Gasteiger partial charge < -0.3 is 25.6 Å². The zero-order chi connectivity index (χ0) is 26.3. The molecule has 3 aromatic rings. The van der Waals surface area contributed by atoms with E-state index in [2.05, 4.69) is 46.7 Å².